The summed E-state index contributed by atoms with van der Waals surface area (Å²) in [4.78, 5) is 2.33. The van der Waals surface area contributed by atoms with Crippen molar-refractivity contribution in [2.45, 2.75) is 0 Å². The minimum absolute atomic E-state index is 0.332. The second-order valence-corrected chi connectivity index (χ2v) is 6.99. The molecule has 2 aromatic carbocycles. The van der Waals surface area contributed by atoms with Crippen molar-refractivity contribution in [3.05, 3.63) is 119 Å². The predicted octanol–water partition coefficient (Wildman–Crippen LogP) is 4.67. The van der Waals surface area contributed by atoms with Gasteiger partial charge in [0.1, 0.15) is 0 Å². The number of fused-ring (bicyclic) bond motifs is 9. The van der Waals surface area contributed by atoms with E-state index in [1.807, 2.05) is 0 Å². The maximum Gasteiger partial charge on any atom is 0.235 e. The van der Waals surface area contributed by atoms with Gasteiger partial charge in [0, 0.05) is 17.3 Å². The van der Waals surface area contributed by atoms with Gasteiger partial charge in [-0.1, -0.05) is 77.7 Å². The summed E-state index contributed by atoms with van der Waals surface area (Å²) in [6.07, 6.45) is 15.3. The molecule has 120 valence electrons. The number of anilines is 1. The molecule has 0 aromatic heterocycles. The standard InChI is InChI=1S/C24H16BN/c1-3-11-19-17(9-1)24-22-14-6-8-16-26(22)21-13-4-2-10-18(21)23(24)20-12-5-7-15-25(19)20/h1-16H. The van der Waals surface area contributed by atoms with E-state index >= 15 is 0 Å². The molecule has 0 fully saturated rings. The number of rotatable bonds is 0. The Balaban J connectivity index is 1.80. The zero-order chi connectivity index (χ0) is 17.1. The third-order valence-corrected chi connectivity index (χ3v) is 5.68. The first kappa shape index (κ1) is 14.0. The fourth-order valence-electron chi connectivity index (χ4n) is 4.63. The van der Waals surface area contributed by atoms with Crippen molar-refractivity contribution in [1.82, 2.24) is 0 Å². The Hall–Kier alpha value is -3.26. The molecule has 2 aromatic rings. The first-order chi connectivity index (χ1) is 12.9. The van der Waals surface area contributed by atoms with Crippen molar-refractivity contribution >= 4 is 29.0 Å². The van der Waals surface area contributed by atoms with E-state index in [1.165, 1.54) is 44.6 Å². The topological polar surface area (TPSA) is 3.24 Å². The van der Waals surface area contributed by atoms with Crippen LogP contribution in [0.4, 0.5) is 5.69 Å². The minimum atomic E-state index is 0.332. The lowest BCUT2D eigenvalue weighted by atomic mass is 9.35. The Kier molecular flexibility index (Phi) is 2.75. The molecule has 0 amide bonds. The van der Waals surface area contributed by atoms with Crippen LogP contribution in [0, 0.1) is 0 Å². The summed E-state index contributed by atoms with van der Waals surface area (Å²) in [7, 11) is 0. The number of para-hydroxylation sites is 1. The highest BCUT2D eigenvalue weighted by Crippen LogP contribution is 2.49. The van der Waals surface area contributed by atoms with Crippen LogP contribution in [0.25, 0.3) is 11.1 Å². The average molecular weight is 329 g/mol. The van der Waals surface area contributed by atoms with Crippen LogP contribution < -0.4 is 10.4 Å². The molecule has 4 heterocycles. The summed E-state index contributed by atoms with van der Waals surface area (Å²) in [5, 5.41) is 0. The van der Waals surface area contributed by atoms with E-state index in [9.17, 15) is 0 Å². The fraction of sp³-hybridized carbons (Fsp3) is 0. The van der Waals surface area contributed by atoms with E-state index in [1.54, 1.807) is 0 Å². The van der Waals surface area contributed by atoms with E-state index in [-0.39, 0.29) is 0 Å². The molecule has 0 spiro atoms. The van der Waals surface area contributed by atoms with Crippen LogP contribution in [-0.2, 0) is 0 Å². The van der Waals surface area contributed by atoms with Crippen molar-refractivity contribution in [2.75, 3.05) is 4.90 Å². The lowest BCUT2D eigenvalue weighted by Crippen LogP contribution is -2.40. The third kappa shape index (κ3) is 1.71. The number of hydrogen-bond acceptors (Lipinski definition) is 1. The van der Waals surface area contributed by atoms with Crippen LogP contribution in [0.1, 0.15) is 11.1 Å². The Labute approximate surface area is 153 Å². The van der Waals surface area contributed by atoms with Gasteiger partial charge in [0.05, 0.1) is 11.4 Å². The predicted molar refractivity (Wildman–Crippen MR) is 111 cm³/mol. The van der Waals surface area contributed by atoms with Crippen LogP contribution in [0.2, 0.25) is 0 Å². The maximum absolute atomic E-state index is 2.33. The molecule has 4 aliphatic rings. The molecule has 6 rings (SSSR count). The molecular formula is C24H16BN. The van der Waals surface area contributed by atoms with Crippen LogP contribution in [-0.4, -0.2) is 6.71 Å². The highest BCUT2D eigenvalue weighted by Gasteiger charge is 2.38. The summed E-state index contributed by atoms with van der Waals surface area (Å²) >= 11 is 0. The van der Waals surface area contributed by atoms with Crippen molar-refractivity contribution in [3.63, 3.8) is 0 Å². The number of allylic oxidation sites excluding steroid dienone is 9. The van der Waals surface area contributed by atoms with Crippen LogP contribution in [0.5, 0.6) is 0 Å². The fourth-order valence-corrected chi connectivity index (χ4v) is 4.63. The molecule has 0 aliphatic carbocycles. The zero-order valence-electron chi connectivity index (χ0n) is 14.3. The van der Waals surface area contributed by atoms with Gasteiger partial charge in [0.2, 0.25) is 6.71 Å². The molecule has 26 heavy (non-hydrogen) atoms. The largest absolute Gasteiger partial charge is 0.316 e. The van der Waals surface area contributed by atoms with Gasteiger partial charge in [0.15, 0.2) is 0 Å². The van der Waals surface area contributed by atoms with E-state index in [0.29, 0.717) is 6.71 Å². The lowest BCUT2D eigenvalue weighted by molar-refractivity contribution is 1.17. The van der Waals surface area contributed by atoms with Crippen molar-refractivity contribution < 1.29 is 0 Å². The summed E-state index contributed by atoms with van der Waals surface area (Å²) < 4.78 is 0. The van der Waals surface area contributed by atoms with Gasteiger partial charge in [0.25, 0.3) is 0 Å². The molecule has 0 unspecified atom stereocenters. The zero-order valence-corrected chi connectivity index (χ0v) is 14.3. The molecular weight excluding hydrogens is 313 g/mol. The average Bonchev–Trinajstić information content (AvgIpc) is 2.73. The maximum atomic E-state index is 2.33. The Morgan fingerprint density at radius 2 is 1.50 bits per heavy atom. The molecule has 0 bridgehead atoms. The van der Waals surface area contributed by atoms with Crippen LogP contribution >= 0.6 is 0 Å². The van der Waals surface area contributed by atoms with Gasteiger partial charge in [-0.15, -0.1) is 5.98 Å². The summed E-state index contributed by atoms with van der Waals surface area (Å²) in [5.41, 5.74) is 10.7. The highest BCUT2D eigenvalue weighted by atomic mass is 15.1. The minimum Gasteiger partial charge on any atom is -0.316 e. The molecule has 0 saturated heterocycles. The van der Waals surface area contributed by atoms with Gasteiger partial charge < -0.3 is 4.90 Å². The van der Waals surface area contributed by atoms with E-state index in [4.69, 9.17) is 0 Å². The van der Waals surface area contributed by atoms with Gasteiger partial charge >= 0.3 is 0 Å². The lowest BCUT2D eigenvalue weighted by Gasteiger charge is -2.39. The van der Waals surface area contributed by atoms with E-state index in [0.717, 1.165) is 0 Å². The summed E-state index contributed by atoms with van der Waals surface area (Å²) in [6.45, 7) is 0.332. The molecule has 0 radical (unpaired) electrons. The first-order valence-electron chi connectivity index (χ1n) is 9.10. The normalized spacial score (nSPS) is 18.5. The second kappa shape index (κ2) is 5.12. The SMILES string of the molecule is C1=CB2C(=C3C(=C4C=CC=CN4c4ccccc43)c3ccccc32)C=C1. The monoisotopic (exact) mass is 329 g/mol. The van der Waals surface area contributed by atoms with Gasteiger partial charge in [-0.3, -0.25) is 0 Å². The van der Waals surface area contributed by atoms with Gasteiger partial charge in [-0.2, -0.15) is 0 Å². The third-order valence-electron chi connectivity index (χ3n) is 5.68. The summed E-state index contributed by atoms with van der Waals surface area (Å²) in [6, 6.07) is 17.6. The summed E-state index contributed by atoms with van der Waals surface area (Å²) in [5.74, 6) is 2.33. The van der Waals surface area contributed by atoms with E-state index in [2.05, 4.69) is 102 Å². The Morgan fingerprint density at radius 1 is 0.692 bits per heavy atom. The number of hydrogen-bond donors (Lipinski definition) is 0. The van der Waals surface area contributed by atoms with Gasteiger partial charge in [-0.25, -0.2) is 0 Å². The quantitative estimate of drug-likeness (QED) is 0.635. The first-order valence-corrected chi connectivity index (χ1v) is 9.10. The van der Waals surface area contributed by atoms with Crippen LogP contribution in [0.3, 0.4) is 0 Å². The van der Waals surface area contributed by atoms with Crippen molar-refractivity contribution in [1.29, 1.82) is 0 Å². The highest BCUT2D eigenvalue weighted by molar-refractivity contribution is 6.87. The molecule has 2 heteroatoms. The van der Waals surface area contributed by atoms with Crippen molar-refractivity contribution in [2.24, 2.45) is 0 Å². The molecule has 0 atom stereocenters. The second-order valence-electron chi connectivity index (χ2n) is 6.99. The molecule has 1 nitrogen and oxygen atoms in total. The van der Waals surface area contributed by atoms with E-state index < -0.39 is 0 Å². The Bertz CT molecular complexity index is 1050. The van der Waals surface area contributed by atoms with Crippen molar-refractivity contribution in [3.8, 4) is 0 Å². The van der Waals surface area contributed by atoms with Crippen LogP contribution in [0.15, 0.2) is 108 Å². The number of benzene rings is 2. The molecule has 0 N–H and O–H groups in total. The van der Waals surface area contributed by atoms with Gasteiger partial charge in [-0.05, 0) is 29.4 Å². The smallest absolute Gasteiger partial charge is 0.235 e. The molecule has 0 saturated carbocycles. The number of nitrogens with zero attached hydrogens (tertiary/aromatic N) is 1. The molecule has 4 aliphatic heterocycles. The Morgan fingerprint density at radius 3 is 2.46 bits per heavy atom.